The maximum atomic E-state index is 12.9. The van der Waals surface area contributed by atoms with Gasteiger partial charge in [-0.2, -0.15) is 0 Å². The van der Waals surface area contributed by atoms with Gasteiger partial charge in [0.05, 0.1) is 17.1 Å². The van der Waals surface area contributed by atoms with Crippen molar-refractivity contribution in [1.29, 1.82) is 0 Å². The van der Waals surface area contributed by atoms with Crippen LogP contribution in [0.4, 0.5) is 13.2 Å². The average molecular weight is 255 g/mol. The molecule has 0 bridgehead atoms. The van der Waals surface area contributed by atoms with E-state index in [-0.39, 0.29) is 5.75 Å². The lowest BCUT2D eigenvalue weighted by Gasteiger charge is -2.06. The highest BCUT2D eigenvalue weighted by Gasteiger charge is 2.16. The summed E-state index contributed by atoms with van der Waals surface area (Å²) in [6, 6.07) is 1.93. The SMILES string of the molecule is COc1cc(F)c(C(F)F)cc1Br. The molecule has 0 spiro atoms. The zero-order valence-corrected chi connectivity index (χ0v) is 8.24. The summed E-state index contributed by atoms with van der Waals surface area (Å²) in [7, 11) is 1.33. The van der Waals surface area contributed by atoms with Gasteiger partial charge in [-0.3, -0.25) is 0 Å². The van der Waals surface area contributed by atoms with Crippen LogP contribution in [0.3, 0.4) is 0 Å². The zero-order valence-electron chi connectivity index (χ0n) is 6.65. The molecule has 5 heteroatoms. The fraction of sp³-hybridized carbons (Fsp3) is 0.250. The van der Waals surface area contributed by atoms with Crippen molar-refractivity contribution in [3.05, 3.63) is 28.0 Å². The lowest BCUT2D eigenvalue weighted by Crippen LogP contribution is -1.93. The smallest absolute Gasteiger partial charge is 0.266 e. The zero-order chi connectivity index (χ0) is 10.0. The van der Waals surface area contributed by atoms with Crippen LogP contribution in [-0.2, 0) is 0 Å². The number of alkyl halides is 2. The van der Waals surface area contributed by atoms with Gasteiger partial charge >= 0.3 is 0 Å². The standard InChI is InChI=1S/C8H6BrF3O/c1-13-7-3-6(10)4(8(11)12)2-5(7)9/h2-3,8H,1H3. The molecule has 0 aliphatic carbocycles. The second-order valence-electron chi connectivity index (χ2n) is 2.31. The van der Waals surface area contributed by atoms with Crippen LogP contribution in [0.2, 0.25) is 0 Å². The lowest BCUT2D eigenvalue weighted by molar-refractivity contribution is 0.146. The first kappa shape index (κ1) is 10.4. The van der Waals surface area contributed by atoms with Gasteiger partial charge in [0.25, 0.3) is 6.43 Å². The summed E-state index contributed by atoms with van der Waals surface area (Å²) < 4.78 is 42.2. The second-order valence-corrected chi connectivity index (χ2v) is 3.16. The highest BCUT2D eigenvalue weighted by atomic mass is 79.9. The van der Waals surface area contributed by atoms with Crippen LogP contribution in [0.1, 0.15) is 12.0 Å². The van der Waals surface area contributed by atoms with Crippen molar-refractivity contribution < 1.29 is 17.9 Å². The molecule has 0 saturated heterocycles. The molecule has 0 aliphatic rings. The molecule has 0 unspecified atom stereocenters. The first-order chi connectivity index (χ1) is 6.06. The van der Waals surface area contributed by atoms with Gasteiger partial charge in [0.1, 0.15) is 11.6 Å². The van der Waals surface area contributed by atoms with Crippen molar-refractivity contribution in [1.82, 2.24) is 0 Å². The molecule has 0 heterocycles. The second kappa shape index (κ2) is 4.00. The number of benzene rings is 1. The number of methoxy groups -OCH3 is 1. The summed E-state index contributed by atoms with van der Waals surface area (Å²) in [5, 5.41) is 0. The number of hydrogen-bond donors (Lipinski definition) is 0. The fourth-order valence-corrected chi connectivity index (χ4v) is 1.39. The monoisotopic (exact) mass is 254 g/mol. The van der Waals surface area contributed by atoms with Gasteiger partial charge in [-0.25, -0.2) is 13.2 Å². The molecule has 13 heavy (non-hydrogen) atoms. The largest absolute Gasteiger partial charge is 0.495 e. The summed E-state index contributed by atoms with van der Waals surface area (Å²) in [4.78, 5) is 0. The summed E-state index contributed by atoms with van der Waals surface area (Å²) >= 11 is 2.98. The Morgan fingerprint density at radius 3 is 2.46 bits per heavy atom. The maximum Gasteiger partial charge on any atom is 0.266 e. The van der Waals surface area contributed by atoms with Gasteiger partial charge in [0, 0.05) is 6.07 Å². The predicted octanol–water partition coefficient (Wildman–Crippen LogP) is 3.53. The number of hydrogen-bond acceptors (Lipinski definition) is 1. The quantitative estimate of drug-likeness (QED) is 0.785. The van der Waals surface area contributed by atoms with Gasteiger partial charge in [0.2, 0.25) is 0 Å². The Morgan fingerprint density at radius 1 is 1.38 bits per heavy atom. The predicted molar refractivity (Wildman–Crippen MR) is 45.6 cm³/mol. The van der Waals surface area contributed by atoms with Gasteiger partial charge in [0.15, 0.2) is 0 Å². The van der Waals surface area contributed by atoms with E-state index in [0.29, 0.717) is 4.47 Å². The van der Waals surface area contributed by atoms with E-state index < -0.39 is 17.8 Å². The van der Waals surface area contributed by atoms with Crippen molar-refractivity contribution in [3.8, 4) is 5.75 Å². The van der Waals surface area contributed by atoms with Crippen LogP contribution in [0, 0.1) is 5.82 Å². The third-order valence-electron chi connectivity index (χ3n) is 1.51. The Balaban J connectivity index is 3.20. The van der Waals surface area contributed by atoms with Crippen LogP contribution in [0.15, 0.2) is 16.6 Å². The molecule has 0 amide bonds. The highest BCUT2D eigenvalue weighted by Crippen LogP contribution is 2.32. The van der Waals surface area contributed by atoms with Crippen LogP contribution < -0.4 is 4.74 Å². The molecule has 0 aliphatic heterocycles. The van der Waals surface area contributed by atoms with Crippen molar-refractivity contribution in [2.45, 2.75) is 6.43 Å². The van der Waals surface area contributed by atoms with Gasteiger partial charge < -0.3 is 4.74 Å². The van der Waals surface area contributed by atoms with Crippen LogP contribution in [-0.4, -0.2) is 7.11 Å². The molecule has 1 aromatic carbocycles. The molecule has 72 valence electrons. The molecule has 1 rings (SSSR count). The van der Waals surface area contributed by atoms with E-state index in [1.807, 2.05) is 0 Å². The maximum absolute atomic E-state index is 12.9. The highest BCUT2D eigenvalue weighted by molar-refractivity contribution is 9.10. The minimum atomic E-state index is -2.82. The molecule has 0 saturated carbocycles. The molecule has 0 N–H and O–H groups in total. The lowest BCUT2D eigenvalue weighted by atomic mass is 10.2. The minimum Gasteiger partial charge on any atom is -0.495 e. The van der Waals surface area contributed by atoms with Crippen LogP contribution >= 0.6 is 15.9 Å². The first-order valence-electron chi connectivity index (χ1n) is 3.37. The molecule has 1 nitrogen and oxygen atoms in total. The molecule has 0 radical (unpaired) electrons. The number of ether oxygens (including phenoxy) is 1. The van der Waals surface area contributed by atoms with E-state index in [1.54, 1.807) is 0 Å². The van der Waals surface area contributed by atoms with E-state index in [2.05, 4.69) is 15.9 Å². The third-order valence-corrected chi connectivity index (χ3v) is 2.13. The van der Waals surface area contributed by atoms with E-state index in [0.717, 1.165) is 12.1 Å². The summed E-state index contributed by atoms with van der Waals surface area (Å²) in [5.74, 6) is -0.767. The Kier molecular flexibility index (Phi) is 3.19. The normalized spacial score (nSPS) is 10.6. The molecule has 0 fully saturated rings. The van der Waals surface area contributed by atoms with Crippen LogP contribution in [0.25, 0.3) is 0 Å². The van der Waals surface area contributed by atoms with Gasteiger partial charge in [-0.15, -0.1) is 0 Å². The summed E-state index contributed by atoms with van der Waals surface area (Å²) in [6.45, 7) is 0. The van der Waals surface area contributed by atoms with E-state index >= 15 is 0 Å². The molecular weight excluding hydrogens is 249 g/mol. The third kappa shape index (κ3) is 2.15. The first-order valence-corrected chi connectivity index (χ1v) is 4.16. The van der Waals surface area contributed by atoms with Gasteiger partial charge in [-0.1, -0.05) is 0 Å². The molecule has 0 atom stereocenters. The van der Waals surface area contributed by atoms with Crippen molar-refractivity contribution >= 4 is 15.9 Å². The van der Waals surface area contributed by atoms with Crippen LogP contribution in [0.5, 0.6) is 5.75 Å². The minimum absolute atomic E-state index is 0.196. The number of halogens is 4. The molecular formula is C8H6BrF3O. The number of rotatable bonds is 2. The Morgan fingerprint density at radius 2 is 2.00 bits per heavy atom. The van der Waals surface area contributed by atoms with E-state index in [1.165, 1.54) is 7.11 Å². The van der Waals surface area contributed by atoms with Crippen molar-refractivity contribution in [3.63, 3.8) is 0 Å². The van der Waals surface area contributed by atoms with Gasteiger partial charge in [-0.05, 0) is 22.0 Å². The van der Waals surface area contributed by atoms with E-state index in [4.69, 9.17) is 4.74 Å². The molecule has 0 aromatic heterocycles. The van der Waals surface area contributed by atoms with Crippen molar-refractivity contribution in [2.24, 2.45) is 0 Å². The van der Waals surface area contributed by atoms with E-state index in [9.17, 15) is 13.2 Å². The molecule has 1 aromatic rings. The summed E-state index contributed by atoms with van der Waals surface area (Å²) in [5.41, 5.74) is -0.632. The van der Waals surface area contributed by atoms with Crippen molar-refractivity contribution in [2.75, 3.05) is 7.11 Å². The Bertz CT molecular complexity index is 315. The Hall–Kier alpha value is -0.710. The fourth-order valence-electron chi connectivity index (χ4n) is 0.868. The summed E-state index contributed by atoms with van der Waals surface area (Å²) in [6.07, 6.45) is -2.82. The Labute approximate surface area is 81.6 Å². The topological polar surface area (TPSA) is 9.23 Å². The average Bonchev–Trinajstić information content (AvgIpc) is 2.07.